The van der Waals surface area contributed by atoms with Crippen LogP contribution in [0, 0.1) is 0 Å². The average molecular weight is 194 g/mol. The number of pyridine rings is 1. The highest BCUT2D eigenvalue weighted by Gasteiger charge is 2.14. The van der Waals surface area contributed by atoms with Gasteiger partial charge in [-0.3, -0.25) is 0 Å². The van der Waals surface area contributed by atoms with E-state index in [1.165, 1.54) is 0 Å². The highest BCUT2D eigenvalue weighted by Crippen LogP contribution is 2.18. The topological polar surface area (TPSA) is 62.2 Å². The van der Waals surface area contributed by atoms with Crippen LogP contribution in [-0.4, -0.2) is 23.1 Å². The maximum Gasteiger partial charge on any atom is 0.339 e. The fourth-order valence-electron chi connectivity index (χ4n) is 1.41. The van der Waals surface area contributed by atoms with E-state index in [0.29, 0.717) is 5.82 Å². The molecule has 76 valence electrons. The Balaban J connectivity index is 3.20. The van der Waals surface area contributed by atoms with Crippen molar-refractivity contribution in [1.82, 2.24) is 4.98 Å². The summed E-state index contributed by atoms with van der Waals surface area (Å²) < 4.78 is 0. The van der Waals surface area contributed by atoms with E-state index in [9.17, 15) is 4.79 Å². The van der Waals surface area contributed by atoms with Crippen LogP contribution in [-0.2, 0) is 6.42 Å². The zero-order chi connectivity index (χ0) is 10.6. The van der Waals surface area contributed by atoms with E-state index in [1.54, 1.807) is 19.3 Å². The van der Waals surface area contributed by atoms with Crippen LogP contribution in [0.1, 0.15) is 29.3 Å². The van der Waals surface area contributed by atoms with Crippen molar-refractivity contribution < 1.29 is 9.90 Å². The van der Waals surface area contributed by atoms with E-state index in [4.69, 9.17) is 5.11 Å². The molecule has 0 amide bonds. The molecule has 0 fully saturated rings. The third-order valence-electron chi connectivity index (χ3n) is 2.01. The molecule has 1 aromatic heterocycles. The van der Waals surface area contributed by atoms with Gasteiger partial charge < -0.3 is 10.4 Å². The number of aryl methyl sites for hydroxylation is 1. The van der Waals surface area contributed by atoms with Gasteiger partial charge >= 0.3 is 5.97 Å². The van der Waals surface area contributed by atoms with Gasteiger partial charge in [0.05, 0.1) is 0 Å². The van der Waals surface area contributed by atoms with Crippen molar-refractivity contribution in [3.63, 3.8) is 0 Å². The lowest BCUT2D eigenvalue weighted by molar-refractivity contribution is 0.0696. The second-order valence-electron chi connectivity index (χ2n) is 3.00. The van der Waals surface area contributed by atoms with Crippen LogP contribution in [0.3, 0.4) is 0 Å². The van der Waals surface area contributed by atoms with Crippen molar-refractivity contribution in [1.29, 1.82) is 0 Å². The molecule has 0 saturated heterocycles. The number of carboxylic acids is 1. The lowest BCUT2D eigenvalue weighted by Gasteiger charge is -2.08. The van der Waals surface area contributed by atoms with Gasteiger partial charge in [0.25, 0.3) is 0 Å². The monoisotopic (exact) mass is 194 g/mol. The molecule has 0 atom stereocenters. The van der Waals surface area contributed by atoms with Crippen LogP contribution >= 0.6 is 0 Å². The minimum atomic E-state index is -0.925. The van der Waals surface area contributed by atoms with Crippen molar-refractivity contribution in [2.75, 3.05) is 12.4 Å². The van der Waals surface area contributed by atoms with Gasteiger partial charge in [0, 0.05) is 13.2 Å². The summed E-state index contributed by atoms with van der Waals surface area (Å²) in [5, 5.41) is 11.8. The standard InChI is InChI=1S/C10H14N2O2/c1-3-4-7-5-6-12-9(11-2)8(7)10(13)14/h5-6H,3-4H2,1-2H3,(H,11,12)(H,13,14). The molecule has 0 aliphatic heterocycles. The number of hydrogen-bond acceptors (Lipinski definition) is 3. The Morgan fingerprint density at radius 1 is 1.64 bits per heavy atom. The van der Waals surface area contributed by atoms with Crippen molar-refractivity contribution in [3.05, 3.63) is 23.4 Å². The highest BCUT2D eigenvalue weighted by atomic mass is 16.4. The second-order valence-corrected chi connectivity index (χ2v) is 3.00. The molecule has 4 heteroatoms. The predicted molar refractivity (Wildman–Crippen MR) is 54.7 cm³/mol. The molecule has 0 bridgehead atoms. The summed E-state index contributed by atoms with van der Waals surface area (Å²) in [6.07, 6.45) is 3.32. The van der Waals surface area contributed by atoms with Gasteiger partial charge in [-0.25, -0.2) is 9.78 Å². The molecule has 4 nitrogen and oxygen atoms in total. The zero-order valence-electron chi connectivity index (χ0n) is 8.37. The molecule has 1 aromatic rings. The van der Waals surface area contributed by atoms with Crippen molar-refractivity contribution in [3.8, 4) is 0 Å². The normalized spacial score (nSPS) is 9.86. The first kappa shape index (κ1) is 10.5. The molecule has 0 unspecified atom stereocenters. The molecule has 1 heterocycles. The quantitative estimate of drug-likeness (QED) is 0.766. The number of aromatic nitrogens is 1. The largest absolute Gasteiger partial charge is 0.478 e. The van der Waals surface area contributed by atoms with Crippen LogP contribution in [0.5, 0.6) is 0 Å². The number of anilines is 1. The third kappa shape index (κ3) is 2.02. The number of aromatic carboxylic acids is 1. The summed E-state index contributed by atoms with van der Waals surface area (Å²) in [4.78, 5) is 15.0. The van der Waals surface area contributed by atoms with E-state index >= 15 is 0 Å². The Hall–Kier alpha value is -1.58. The van der Waals surface area contributed by atoms with Crippen LogP contribution in [0.15, 0.2) is 12.3 Å². The van der Waals surface area contributed by atoms with Gasteiger partial charge in [0.1, 0.15) is 11.4 Å². The van der Waals surface area contributed by atoms with Gasteiger partial charge in [-0.1, -0.05) is 13.3 Å². The van der Waals surface area contributed by atoms with Crippen molar-refractivity contribution in [2.24, 2.45) is 0 Å². The molecule has 0 aromatic carbocycles. The summed E-state index contributed by atoms with van der Waals surface area (Å²) >= 11 is 0. The maximum absolute atomic E-state index is 11.0. The van der Waals surface area contributed by atoms with Crippen molar-refractivity contribution >= 4 is 11.8 Å². The van der Waals surface area contributed by atoms with E-state index < -0.39 is 5.97 Å². The zero-order valence-corrected chi connectivity index (χ0v) is 8.37. The minimum absolute atomic E-state index is 0.289. The van der Waals surface area contributed by atoms with Gasteiger partial charge in [-0.05, 0) is 18.1 Å². The van der Waals surface area contributed by atoms with Gasteiger partial charge in [0.15, 0.2) is 0 Å². The molecule has 1 rings (SSSR count). The van der Waals surface area contributed by atoms with Crippen molar-refractivity contribution in [2.45, 2.75) is 19.8 Å². The Kier molecular flexibility index (Phi) is 3.45. The van der Waals surface area contributed by atoms with E-state index in [-0.39, 0.29) is 5.56 Å². The molecule has 0 radical (unpaired) electrons. The first-order valence-corrected chi connectivity index (χ1v) is 4.59. The summed E-state index contributed by atoms with van der Waals surface area (Å²) in [5.41, 5.74) is 1.12. The van der Waals surface area contributed by atoms with Crippen LogP contribution < -0.4 is 5.32 Å². The summed E-state index contributed by atoms with van der Waals surface area (Å²) in [6, 6.07) is 1.76. The Labute approximate surface area is 83.0 Å². The fraction of sp³-hybridized carbons (Fsp3) is 0.400. The average Bonchev–Trinajstić information content (AvgIpc) is 2.17. The van der Waals surface area contributed by atoms with E-state index in [0.717, 1.165) is 18.4 Å². The molecule has 0 aliphatic rings. The first-order chi connectivity index (χ1) is 6.70. The molecular weight excluding hydrogens is 180 g/mol. The predicted octanol–water partition coefficient (Wildman–Crippen LogP) is 1.77. The Morgan fingerprint density at radius 2 is 2.36 bits per heavy atom. The third-order valence-corrected chi connectivity index (χ3v) is 2.01. The lowest BCUT2D eigenvalue weighted by Crippen LogP contribution is -2.08. The minimum Gasteiger partial charge on any atom is -0.478 e. The van der Waals surface area contributed by atoms with Crippen LogP contribution in [0.25, 0.3) is 0 Å². The van der Waals surface area contributed by atoms with Gasteiger partial charge in [-0.15, -0.1) is 0 Å². The van der Waals surface area contributed by atoms with E-state index in [1.807, 2.05) is 6.92 Å². The number of rotatable bonds is 4. The molecule has 0 aliphatic carbocycles. The smallest absolute Gasteiger partial charge is 0.339 e. The number of nitrogens with one attached hydrogen (secondary N) is 1. The summed E-state index contributed by atoms with van der Waals surface area (Å²) in [5.74, 6) is -0.491. The van der Waals surface area contributed by atoms with Crippen LogP contribution in [0.4, 0.5) is 5.82 Å². The lowest BCUT2D eigenvalue weighted by atomic mass is 10.1. The molecular formula is C10H14N2O2. The molecule has 14 heavy (non-hydrogen) atoms. The molecule has 0 spiro atoms. The highest BCUT2D eigenvalue weighted by molar-refractivity contribution is 5.94. The summed E-state index contributed by atoms with van der Waals surface area (Å²) in [7, 11) is 1.67. The fourth-order valence-corrected chi connectivity index (χ4v) is 1.41. The van der Waals surface area contributed by atoms with Gasteiger partial charge in [-0.2, -0.15) is 0 Å². The maximum atomic E-state index is 11.0. The Morgan fingerprint density at radius 3 is 2.86 bits per heavy atom. The number of hydrogen-bond donors (Lipinski definition) is 2. The molecule has 0 saturated carbocycles. The first-order valence-electron chi connectivity index (χ1n) is 4.59. The van der Waals surface area contributed by atoms with E-state index in [2.05, 4.69) is 10.3 Å². The molecule has 2 N–H and O–H groups in total. The van der Waals surface area contributed by atoms with Gasteiger partial charge in [0.2, 0.25) is 0 Å². The second kappa shape index (κ2) is 4.60. The number of nitrogens with zero attached hydrogens (tertiary/aromatic N) is 1. The summed E-state index contributed by atoms with van der Waals surface area (Å²) in [6.45, 7) is 2.02. The SMILES string of the molecule is CCCc1ccnc(NC)c1C(=O)O. The Bertz CT molecular complexity index is 337. The van der Waals surface area contributed by atoms with Crippen LogP contribution in [0.2, 0.25) is 0 Å². The number of carboxylic acid groups (broad SMARTS) is 1. The number of carbonyl (C=O) groups is 1.